The number of carbonyl (C=O) groups excluding carboxylic acids is 1. The van der Waals surface area contributed by atoms with Gasteiger partial charge >= 0.3 is 6.09 Å². The predicted molar refractivity (Wildman–Crippen MR) is 47.7 cm³/mol. The molecule has 0 unspecified atom stereocenters. The second kappa shape index (κ2) is 5.77. The Morgan fingerprint density at radius 3 is 2.85 bits per heavy atom. The summed E-state index contributed by atoms with van der Waals surface area (Å²) in [5.41, 5.74) is 0. The molecule has 0 atom stereocenters. The third-order valence-electron chi connectivity index (χ3n) is 1.95. The Bertz CT molecular complexity index is 157. The molecule has 0 aromatic carbocycles. The average Bonchev–Trinajstić information content (AvgIpc) is 2.19. The Labute approximate surface area is 78.0 Å². The van der Waals surface area contributed by atoms with Crippen LogP contribution < -0.4 is 5.32 Å². The fourth-order valence-corrected chi connectivity index (χ4v) is 1.16. The second-order valence-corrected chi connectivity index (χ2v) is 2.84. The molecule has 1 amide bonds. The van der Waals surface area contributed by atoms with E-state index in [1.807, 2.05) is 0 Å². The highest BCUT2D eigenvalue weighted by atomic mass is 16.5. The molecule has 0 spiro atoms. The Morgan fingerprint density at radius 1 is 1.54 bits per heavy atom. The number of nitrogens with one attached hydrogen (secondary N) is 1. The number of hydrogen-bond acceptors (Lipinski definition) is 4. The van der Waals surface area contributed by atoms with Crippen molar-refractivity contribution in [2.45, 2.75) is 0 Å². The summed E-state index contributed by atoms with van der Waals surface area (Å²) in [7, 11) is 1.55. The van der Waals surface area contributed by atoms with Gasteiger partial charge in [0, 0.05) is 26.7 Å². The summed E-state index contributed by atoms with van der Waals surface area (Å²) >= 11 is 0. The zero-order valence-corrected chi connectivity index (χ0v) is 7.91. The minimum absolute atomic E-state index is 0.367. The van der Waals surface area contributed by atoms with Crippen LogP contribution >= 0.6 is 0 Å². The molecule has 1 fully saturated rings. The van der Waals surface area contributed by atoms with Gasteiger partial charge in [0.15, 0.2) is 0 Å². The van der Waals surface area contributed by atoms with Crippen LogP contribution in [0.25, 0.3) is 0 Å². The van der Waals surface area contributed by atoms with E-state index in [4.69, 9.17) is 9.47 Å². The number of rotatable bonds is 3. The summed E-state index contributed by atoms with van der Waals surface area (Å²) in [5.74, 6) is 0. The van der Waals surface area contributed by atoms with Crippen LogP contribution in [0.3, 0.4) is 0 Å². The molecule has 1 heterocycles. The molecule has 0 saturated carbocycles. The van der Waals surface area contributed by atoms with Crippen LogP contribution in [0.15, 0.2) is 0 Å². The summed E-state index contributed by atoms with van der Waals surface area (Å²) < 4.78 is 10.0. The highest BCUT2D eigenvalue weighted by Crippen LogP contribution is 1.95. The van der Waals surface area contributed by atoms with Crippen molar-refractivity contribution in [2.24, 2.45) is 0 Å². The first kappa shape index (κ1) is 10.3. The number of nitrogens with zero attached hydrogens (tertiary/aromatic N) is 1. The van der Waals surface area contributed by atoms with E-state index < -0.39 is 0 Å². The van der Waals surface area contributed by atoms with Crippen molar-refractivity contribution < 1.29 is 14.3 Å². The standard InChI is InChI=1S/C8H16N2O3/c1-9-8(11)13-7-4-10-2-5-12-6-3-10/h2-7H2,1H3,(H,9,11). The minimum atomic E-state index is -0.367. The van der Waals surface area contributed by atoms with Crippen molar-refractivity contribution in [3.05, 3.63) is 0 Å². The van der Waals surface area contributed by atoms with Crippen molar-refractivity contribution in [2.75, 3.05) is 46.5 Å². The lowest BCUT2D eigenvalue weighted by Crippen LogP contribution is -2.39. The second-order valence-electron chi connectivity index (χ2n) is 2.84. The number of ether oxygens (including phenoxy) is 2. The van der Waals surface area contributed by atoms with Gasteiger partial charge in [-0.25, -0.2) is 4.79 Å². The lowest BCUT2D eigenvalue weighted by Gasteiger charge is -2.26. The molecular formula is C8H16N2O3. The van der Waals surface area contributed by atoms with Crippen LogP contribution in [-0.4, -0.2) is 57.5 Å². The van der Waals surface area contributed by atoms with Gasteiger partial charge in [-0.2, -0.15) is 0 Å². The first-order chi connectivity index (χ1) is 6.33. The van der Waals surface area contributed by atoms with Gasteiger partial charge in [-0.15, -0.1) is 0 Å². The van der Waals surface area contributed by atoms with Crippen LogP contribution in [0, 0.1) is 0 Å². The topological polar surface area (TPSA) is 50.8 Å². The number of carbonyl (C=O) groups is 1. The molecule has 1 saturated heterocycles. The van der Waals surface area contributed by atoms with E-state index in [1.165, 1.54) is 0 Å². The van der Waals surface area contributed by atoms with Crippen molar-refractivity contribution in [1.82, 2.24) is 10.2 Å². The zero-order valence-electron chi connectivity index (χ0n) is 7.91. The molecule has 1 aliphatic rings. The van der Waals surface area contributed by atoms with Crippen LogP contribution in [0.4, 0.5) is 4.79 Å². The third kappa shape index (κ3) is 4.10. The number of morpholine rings is 1. The van der Waals surface area contributed by atoms with Crippen molar-refractivity contribution in [1.29, 1.82) is 0 Å². The Morgan fingerprint density at radius 2 is 2.23 bits per heavy atom. The normalized spacial score (nSPS) is 18.2. The highest BCUT2D eigenvalue weighted by Gasteiger charge is 2.10. The van der Waals surface area contributed by atoms with Crippen molar-refractivity contribution in [3.63, 3.8) is 0 Å². The van der Waals surface area contributed by atoms with Gasteiger partial charge in [0.05, 0.1) is 13.2 Å². The maximum atomic E-state index is 10.7. The molecule has 0 aliphatic carbocycles. The quantitative estimate of drug-likeness (QED) is 0.659. The van der Waals surface area contributed by atoms with E-state index in [1.54, 1.807) is 7.05 Å². The fourth-order valence-electron chi connectivity index (χ4n) is 1.16. The van der Waals surface area contributed by atoms with Gasteiger partial charge < -0.3 is 14.8 Å². The first-order valence-electron chi connectivity index (χ1n) is 4.47. The zero-order chi connectivity index (χ0) is 9.52. The van der Waals surface area contributed by atoms with Crippen LogP contribution in [-0.2, 0) is 9.47 Å². The molecule has 0 aromatic rings. The predicted octanol–water partition coefficient (Wildman–Crippen LogP) is -0.325. The van der Waals surface area contributed by atoms with Crippen molar-refractivity contribution >= 4 is 6.09 Å². The molecule has 0 bridgehead atoms. The molecule has 1 N–H and O–H groups in total. The van der Waals surface area contributed by atoms with E-state index in [2.05, 4.69) is 10.2 Å². The Kier molecular flexibility index (Phi) is 4.56. The monoisotopic (exact) mass is 188 g/mol. The van der Waals surface area contributed by atoms with Crippen LogP contribution in [0.5, 0.6) is 0 Å². The summed E-state index contributed by atoms with van der Waals surface area (Å²) in [6.45, 7) is 4.64. The molecule has 0 radical (unpaired) electrons. The molecule has 5 nitrogen and oxygen atoms in total. The molecule has 5 heteroatoms. The third-order valence-corrected chi connectivity index (χ3v) is 1.95. The van der Waals surface area contributed by atoms with E-state index in [-0.39, 0.29) is 6.09 Å². The smallest absolute Gasteiger partial charge is 0.406 e. The average molecular weight is 188 g/mol. The first-order valence-corrected chi connectivity index (χ1v) is 4.47. The van der Waals surface area contributed by atoms with Gasteiger partial charge in [0.25, 0.3) is 0 Å². The van der Waals surface area contributed by atoms with Gasteiger partial charge in [0.2, 0.25) is 0 Å². The van der Waals surface area contributed by atoms with E-state index in [0.717, 1.165) is 32.8 Å². The lowest BCUT2D eigenvalue weighted by molar-refractivity contribution is 0.0282. The molecule has 13 heavy (non-hydrogen) atoms. The number of amides is 1. The summed E-state index contributed by atoms with van der Waals surface area (Å²) in [5, 5.41) is 2.40. The van der Waals surface area contributed by atoms with E-state index in [0.29, 0.717) is 6.61 Å². The summed E-state index contributed by atoms with van der Waals surface area (Å²) in [6.07, 6.45) is -0.367. The fraction of sp³-hybridized carbons (Fsp3) is 0.875. The Balaban J connectivity index is 2.01. The minimum Gasteiger partial charge on any atom is -0.448 e. The Hall–Kier alpha value is -0.810. The maximum absolute atomic E-state index is 10.7. The van der Waals surface area contributed by atoms with Crippen LogP contribution in [0.1, 0.15) is 0 Å². The number of alkyl carbamates (subject to hydrolysis) is 1. The van der Waals surface area contributed by atoms with Crippen LogP contribution in [0.2, 0.25) is 0 Å². The van der Waals surface area contributed by atoms with Crippen molar-refractivity contribution in [3.8, 4) is 0 Å². The van der Waals surface area contributed by atoms with E-state index >= 15 is 0 Å². The van der Waals surface area contributed by atoms with Gasteiger partial charge in [-0.05, 0) is 0 Å². The summed E-state index contributed by atoms with van der Waals surface area (Å²) in [4.78, 5) is 12.9. The SMILES string of the molecule is CNC(=O)OCCN1CCOCC1. The highest BCUT2D eigenvalue weighted by molar-refractivity contribution is 5.66. The van der Waals surface area contributed by atoms with E-state index in [9.17, 15) is 4.79 Å². The molecule has 0 aromatic heterocycles. The summed E-state index contributed by atoms with van der Waals surface area (Å²) in [6, 6.07) is 0. The molecule has 1 rings (SSSR count). The largest absolute Gasteiger partial charge is 0.448 e. The maximum Gasteiger partial charge on any atom is 0.406 e. The molecule has 1 aliphatic heterocycles. The van der Waals surface area contributed by atoms with Gasteiger partial charge in [0.1, 0.15) is 6.61 Å². The van der Waals surface area contributed by atoms with Gasteiger partial charge in [-0.3, -0.25) is 4.90 Å². The number of hydrogen-bond donors (Lipinski definition) is 1. The van der Waals surface area contributed by atoms with Gasteiger partial charge in [-0.1, -0.05) is 0 Å². The lowest BCUT2D eigenvalue weighted by atomic mass is 10.4. The molecular weight excluding hydrogens is 172 g/mol. The molecule has 76 valence electrons.